The first-order valence-corrected chi connectivity index (χ1v) is 8.89. The third-order valence-electron chi connectivity index (χ3n) is 2.72. The third kappa shape index (κ3) is 6.97. The molecule has 0 spiro atoms. The summed E-state index contributed by atoms with van der Waals surface area (Å²) in [5.74, 6) is -0.943. The van der Waals surface area contributed by atoms with Crippen LogP contribution in [0.5, 0.6) is 0 Å². The summed E-state index contributed by atoms with van der Waals surface area (Å²) < 4.78 is 27.4. The lowest BCUT2D eigenvalue weighted by Gasteiger charge is -2.21. The quantitative estimate of drug-likeness (QED) is 0.553. The van der Waals surface area contributed by atoms with E-state index in [1.165, 1.54) is 12.1 Å². The van der Waals surface area contributed by atoms with Gasteiger partial charge in [0, 0.05) is 18.5 Å². The summed E-state index contributed by atoms with van der Waals surface area (Å²) in [5.41, 5.74) is -0.518. The van der Waals surface area contributed by atoms with Crippen LogP contribution in [0.3, 0.4) is 0 Å². The molecule has 1 aromatic carbocycles. The van der Waals surface area contributed by atoms with Crippen molar-refractivity contribution < 1.29 is 23.1 Å². The number of rotatable bonds is 7. The summed E-state index contributed by atoms with van der Waals surface area (Å²) in [6.07, 6.45) is 0.231. The van der Waals surface area contributed by atoms with Crippen LogP contribution in [0.1, 0.15) is 33.6 Å². The van der Waals surface area contributed by atoms with Crippen molar-refractivity contribution in [3.8, 4) is 0 Å². The number of nitrogens with one attached hydrogen (secondary N) is 3. The number of anilines is 1. The number of carboxylic acid groups (broad SMARTS) is 1. The molecule has 134 valence electrons. The van der Waals surface area contributed by atoms with Gasteiger partial charge in [-0.25, -0.2) is 17.9 Å². The topological polar surface area (TPSA) is 125 Å². The molecule has 0 saturated carbocycles. The first-order chi connectivity index (χ1) is 11.0. The molecule has 9 heteroatoms. The average molecular weight is 357 g/mol. The van der Waals surface area contributed by atoms with Crippen LogP contribution < -0.4 is 15.4 Å². The lowest BCUT2D eigenvalue weighted by atomic mass is 10.1. The van der Waals surface area contributed by atoms with Gasteiger partial charge in [-0.3, -0.25) is 4.79 Å². The second kappa shape index (κ2) is 8.11. The molecule has 0 saturated heterocycles. The minimum atomic E-state index is -3.80. The predicted octanol–water partition coefficient (Wildman–Crippen LogP) is 1.75. The monoisotopic (exact) mass is 357 g/mol. The Labute approximate surface area is 141 Å². The Balaban J connectivity index is 2.80. The highest BCUT2D eigenvalue weighted by molar-refractivity contribution is 7.89. The smallest absolute Gasteiger partial charge is 0.319 e. The van der Waals surface area contributed by atoms with E-state index in [1.54, 1.807) is 32.9 Å². The second-order valence-electron chi connectivity index (χ2n) is 6.23. The van der Waals surface area contributed by atoms with Crippen LogP contribution >= 0.6 is 0 Å². The summed E-state index contributed by atoms with van der Waals surface area (Å²) in [6, 6.07) is 5.45. The number of carbonyl (C=O) groups excluding carboxylic acids is 1. The number of benzene rings is 1. The molecule has 0 bridgehead atoms. The van der Waals surface area contributed by atoms with Crippen LogP contribution in [0.2, 0.25) is 0 Å². The maximum Gasteiger partial charge on any atom is 0.319 e. The highest BCUT2D eigenvalue weighted by Crippen LogP contribution is 2.22. The summed E-state index contributed by atoms with van der Waals surface area (Å²) >= 11 is 0. The van der Waals surface area contributed by atoms with E-state index in [0.717, 1.165) is 0 Å². The Bertz CT molecular complexity index is 695. The number of sulfonamides is 1. The summed E-state index contributed by atoms with van der Waals surface area (Å²) in [4.78, 5) is 22.2. The maximum absolute atomic E-state index is 12.4. The van der Waals surface area contributed by atoms with Gasteiger partial charge in [-0.2, -0.15) is 0 Å². The Morgan fingerprint density at radius 3 is 2.38 bits per heavy atom. The van der Waals surface area contributed by atoms with Crippen molar-refractivity contribution in [3.63, 3.8) is 0 Å². The van der Waals surface area contributed by atoms with Gasteiger partial charge in [0.25, 0.3) is 0 Å². The molecule has 0 aliphatic heterocycles. The molecule has 0 atom stereocenters. The van der Waals surface area contributed by atoms with Gasteiger partial charge < -0.3 is 15.7 Å². The number of amides is 2. The lowest BCUT2D eigenvalue weighted by molar-refractivity contribution is -0.137. The highest BCUT2D eigenvalue weighted by atomic mass is 32.2. The highest BCUT2D eigenvalue weighted by Gasteiger charge is 2.24. The number of urea groups is 1. The van der Waals surface area contributed by atoms with Crippen LogP contribution in [0.4, 0.5) is 10.5 Å². The van der Waals surface area contributed by atoms with E-state index in [9.17, 15) is 18.0 Å². The van der Waals surface area contributed by atoms with Crippen molar-refractivity contribution in [1.82, 2.24) is 10.0 Å². The first kappa shape index (κ1) is 19.9. The average Bonchev–Trinajstić information content (AvgIpc) is 2.41. The molecule has 0 heterocycles. The van der Waals surface area contributed by atoms with E-state index in [1.807, 2.05) is 0 Å². The zero-order valence-corrected chi connectivity index (χ0v) is 14.7. The van der Waals surface area contributed by atoms with E-state index in [0.29, 0.717) is 0 Å². The second-order valence-corrected chi connectivity index (χ2v) is 7.88. The fourth-order valence-electron chi connectivity index (χ4n) is 1.87. The molecule has 1 rings (SSSR count). The van der Waals surface area contributed by atoms with Crippen LogP contribution in [-0.2, 0) is 14.8 Å². The van der Waals surface area contributed by atoms with E-state index in [-0.39, 0.29) is 30.0 Å². The predicted molar refractivity (Wildman–Crippen MR) is 90.4 cm³/mol. The molecule has 8 nitrogen and oxygen atoms in total. The summed E-state index contributed by atoms with van der Waals surface area (Å²) in [5, 5.41) is 13.5. The Hall–Kier alpha value is -2.13. The van der Waals surface area contributed by atoms with Crippen molar-refractivity contribution in [2.75, 3.05) is 11.9 Å². The lowest BCUT2D eigenvalue weighted by Crippen LogP contribution is -2.41. The first-order valence-electron chi connectivity index (χ1n) is 7.41. The largest absolute Gasteiger partial charge is 0.481 e. The van der Waals surface area contributed by atoms with Gasteiger partial charge in [0.1, 0.15) is 4.90 Å². The maximum atomic E-state index is 12.4. The van der Waals surface area contributed by atoms with Gasteiger partial charge in [-0.05, 0) is 39.3 Å². The molecule has 1 aromatic rings. The molecule has 0 aromatic heterocycles. The fraction of sp³-hybridized carbons (Fsp3) is 0.467. The normalized spacial score (nSPS) is 11.8. The zero-order valence-electron chi connectivity index (χ0n) is 13.9. The van der Waals surface area contributed by atoms with Gasteiger partial charge in [0.15, 0.2) is 0 Å². The zero-order chi connectivity index (χ0) is 18.4. The number of aliphatic carboxylic acids is 1. The van der Waals surface area contributed by atoms with E-state index in [4.69, 9.17) is 5.11 Å². The molecule has 4 N–H and O–H groups in total. The molecule has 0 fully saturated rings. The van der Waals surface area contributed by atoms with Gasteiger partial charge in [0.2, 0.25) is 10.0 Å². The molecular weight excluding hydrogens is 334 g/mol. The number of carbonyl (C=O) groups is 2. The van der Waals surface area contributed by atoms with E-state index >= 15 is 0 Å². The number of hydrogen-bond donors (Lipinski definition) is 4. The van der Waals surface area contributed by atoms with Crippen molar-refractivity contribution in [1.29, 1.82) is 0 Å². The molecular formula is C15H23N3O5S. The summed E-state index contributed by atoms with van der Waals surface area (Å²) in [7, 11) is -3.80. The molecule has 0 aliphatic carbocycles. The van der Waals surface area contributed by atoms with Gasteiger partial charge in [-0.15, -0.1) is 0 Å². The van der Waals surface area contributed by atoms with Crippen molar-refractivity contribution in [2.45, 2.75) is 44.0 Å². The van der Waals surface area contributed by atoms with E-state index < -0.39 is 27.6 Å². The Morgan fingerprint density at radius 1 is 1.17 bits per heavy atom. The molecule has 0 aliphatic rings. The summed E-state index contributed by atoms with van der Waals surface area (Å²) in [6.45, 7) is 5.33. The SMILES string of the molecule is CC(C)(C)NS(=O)(=O)c1ccccc1NC(=O)NCCCC(=O)O. The van der Waals surface area contributed by atoms with Crippen LogP contribution in [0.15, 0.2) is 29.2 Å². The minimum absolute atomic E-state index is 0.0411. The standard InChI is InChI=1S/C15H23N3O5S/c1-15(2,3)18-24(22,23)12-8-5-4-7-11(12)17-14(21)16-10-6-9-13(19)20/h4-5,7-8,18H,6,9-10H2,1-3H3,(H,19,20)(H2,16,17,21). The molecule has 0 unspecified atom stereocenters. The number of carboxylic acids is 1. The van der Waals surface area contributed by atoms with Crippen molar-refractivity contribution in [3.05, 3.63) is 24.3 Å². The number of hydrogen-bond acceptors (Lipinski definition) is 4. The number of para-hydroxylation sites is 1. The van der Waals surface area contributed by atoms with Crippen molar-refractivity contribution in [2.24, 2.45) is 0 Å². The van der Waals surface area contributed by atoms with Crippen LogP contribution in [0, 0.1) is 0 Å². The molecule has 24 heavy (non-hydrogen) atoms. The van der Waals surface area contributed by atoms with Gasteiger partial charge >= 0.3 is 12.0 Å². The van der Waals surface area contributed by atoms with Crippen LogP contribution in [-0.4, -0.2) is 37.6 Å². The Kier molecular flexibility index (Phi) is 6.73. The fourth-order valence-corrected chi connectivity index (χ4v) is 3.45. The van der Waals surface area contributed by atoms with Crippen LogP contribution in [0.25, 0.3) is 0 Å². The van der Waals surface area contributed by atoms with Gasteiger partial charge in [-0.1, -0.05) is 12.1 Å². The van der Waals surface area contributed by atoms with Gasteiger partial charge in [0.05, 0.1) is 5.69 Å². The Morgan fingerprint density at radius 2 is 1.79 bits per heavy atom. The molecule has 0 radical (unpaired) electrons. The van der Waals surface area contributed by atoms with E-state index in [2.05, 4.69) is 15.4 Å². The molecule has 2 amide bonds. The van der Waals surface area contributed by atoms with Crippen molar-refractivity contribution >= 4 is 27.7 Å². The minimum Gasteiger partial charge on any atom is -0.481 e. The third-order valence-corrected chi connectivity index (χ3v) is 4.53.